The minimum Gasteiger partial charge on any atom is -0.478 e. The van der Waals surface area contributed by atoms with Crippen molar-refractivity contribution in [1.82, 2.24) is 9.88 Å². The van der Waals surface area contributed by atoms with Crippen LogP contribution in [0, 0.1) is 13.8 Å². The van der Waals surface area contributed by atoms with Crippen molar-refractivity contribution in [1.29, 1.82) is 0 Å². The molecule has 1 atom stereocenters. The zero-order chi connectivity index (χ0) is 13.9. The summed E-state index contributed by atoms with van der Waals surface area (Å²) in [7, 11) is 3.97. The Balaban J connectivity index is 2.97. The zero-order valence-corrected chi connectivity index (χ0v) is 11.6. The van der Waals surface area contributed by atoms with Gasteiger partial charge in [-0.3, -0.25) is 0 Å². The van der Waals surface area contributed by atoms with Crippen molar-refractivity contribution in [2.45, 2.75) is 26.8 Å². The number of hydrogen-bond donors (Lipinski definition) is 2. The molecule has 1 heterocycles. The fourth-order valence-electron chi connectivity index (χ4n) is 1.66. The van der Waals surface area contributed by atoms with E-state index in [-0.39, 0.29) is 5.56 Å². The molecule has 0 amide bonds. The summed E-state index contributed by atoms with van der Waals surface area (Å²) < 4.78 is 0. The highest BCUT2D eigenvalue weighted by atomic mass is 16.4. The van der Waals surface area contributed by atoms with Crippen LogP contribution in [-0.4, -0.2) is 47.6 Å². The fourth-order valence-corrected chi connectivity index (χ4v) is 1.66. The van der Waals surface area contributed by atoms with Gasteiger partial charge in [0.2, 0.25) is 0 Å². The Morgan fingerprint density at radius 3 is 2.61 bits per heavy atom. The molecule has 5 nitrogen and oxygen atoms in total. The highest BCUT2D eigenvalue weighted by molar-refractivity contribution is 5.94. The molecule has 0 saturated carbocycles. The summed E-state index contributed by atoms with van der Waals surface area (Å²) in [4.78, 5) is 17.6. The molecule has 2 N–H and O–H groups in total. The first-order valence-corrected chi connectivity index (χ1v) is 5.94. The maximum atomic E-state index is 11.2. The van der Waals surface area contributed by atoms with Crippen LogP contribution in [0.25, 0.3) is 0 Å². The molecule has 1 aromatic rings. The number of rotatable bonds is 5. The molecule has 1 aromatic heterocycles. The first-order chi connectivity index (χ1) is 8.32. The predicted octanol–water partition coefficient (Wildman–Crippen LogP) is 1.76. The van der Waals surface area contributed by atoms with E-state index in [2.05, 4.69) is 22.1 Å². The number of carboxylic acid groups (broad SMARTS) is 1. The number of hydrogen-bond acceptors (Lipinski definition) is 4. The molecule has 100 valence electrons. The Morgan fingerprint density at radius 2 is 2.11 bits per heavy atom. The lowest BCUT2D eigenvalue weighted by Crippen LogP contribution is -2.32. The van der Waals surface area contributed by atoms with Gasteiger partial charge in [0.25, 0.3) is 0 Å². The van der Waals surface area contributed by atoms with Gasteiger partial charge in [0.1, 0.15) is 11.4 Å². The van der Waals surface area contributed by atoms with E-state index >= 15 is 0 Å². The highest BCUT2D eigenvalue weighted by Crippen LogP contribution is 2.18. The lowest BCUT2D eigenvalue weighted by molar-refractivity contribution is 0.0696. The average Bonchev–Trinajstić information content (AvgIpc) is 2.23. The summed E-state index contributed by atoms with van der Waals surface area (Å²) in [6.45, 7) is 6.37. The number of nitrogens with one attached hydrogen (secondary N) is 1. The second-order valence-corrected chi connectivity index (χ2v) is 4.80. The largest absolute Gasteiger partial charge is 0.478 e. The van der Waals surface area contributed by atoms with Gasteiger partial charge < -0.3 is 15.3 Å². The van der Waals surface area contributed by atoms with E-state index in [0.717, 1.165) is 11.3 Å². The minimum absolute atomic E-state index is 0.256. The summed E-state index contributed by atoms with van der Waals surface area (Å²) in [5.74, 6) is -0.492. The van der Waals surface area contributed by atoms with E-state index in [1.807, 2.05) is 21.0 Å². The molecule has 0 spiro atoms. The quantitative estimate of drug-likeness (QED) is 0.834. The number of aromatic carboxylic acids is 1. The van der Waals surface area contributed by atoms with Crippen LogP contribution in [0.5, 0.6) is 0 Å². The van der Waals surface area contributed by atoms with Gasteiger partial charge in [-0.1, -0.05) is 0 Å². The van der Waals surface area contributed by atoms with Crippen molar-refractivity contribution in [3.05, 3.63) is 22.9 Å². The molecule has 1 rings (SSSR count). The molecule has 0 aliphatic carbocycles. The van der Waals surface area contributed by atoms with Crippen LogP contribution in [0.1, 0.15) is 28.5 Å². The van der Waals surface area contributed by atoms with Crippen LogP contribution < -0.4 is 5.32 Å². The first-order valence-electron chi connectivity index (χ1n) is 5.94. The zero-order valence-electron chi connectivity index (χ0n) is 11.6. The molecule has 0 aliphatic rings. The minimum atomic E-state index is -0.944. The SMILES string of the molecule is Cc1cc(C)c(C(=O)O)c(NCC(C)N(C)C)n1. The van der Waals surface area contributed by atoms with Crippen molar-refractivity contribution in [3.8, 4) is 0 Å². The molecular weight excluding hydrogens is 230 g/mol. The maximum absolute atomic E-state index is 11.2. The second kappa shape index (κ2) is 5.82. The Bertz CT molecular complexity index is 444. The standard InChI is InChI=1S/C13H21N3O2/c1-8-6-9(2)15-12(11(8)13(17)18)14-7-10(3)16(4)5/h6,10H,7H2,1-5H3,(H,14,15)(H,17,18). The molecule has 0 fully saturated rings. The Kier molecular flexibility index (Phi) is 4.67. The normalized spacial score (nSPS) is 12.6. The van der Waals surface area contributed by atoms with Gasteiger partial charge in [0, 0.05) is 18.3 Å². The van der Waals surface area contributed by atoms with E-state index in [1.165, 1.54) is 0 Å². The molecule has 0 aromatic carbocycles. The van der Waals surface area contributed by atoms with E-state index in [0.29, 0.717) is 18.4 Å². The average molecular weight is 251 g/mol. The molecule has 5 heteroatoms. The van der Waals surface area contributed by atoms with Crippen LogP contribution >= 0.6 is 0 Å². The third-order valence-electron chi connectivity index (χ3n) is 3.01. The Hall–Kier alpha value is -1.62. The van der Waals surface area contributed by atoms with E-state index < -0.39 is 5.97 Å². The third-order valence-corrected chi connectivity index (χ3v) is 3.01. The van der Waals surface area contributed by atoms with Crippen molar-refractivity contribution in [2.24, 2.45) is 0 Å². The van der Waals surface area contributed by atoms with Crippen LogP contribution in [0.4, 0.5) is 5.82 Å². The summed E-state index contributed by atoms with van der Waals surface area (Å²) >= 11 is 0. The molecule has 1 unspecified atom stereocenters. The summed E-state index contributed by atoms with van der Waals surface area (Å²) in [5.41, 5.74) is 1.80. The Labute approximate surface area is 108 Å². The van der Waals surface area contributed by atoms with Crippen LogP contribution in [-0.2, 0) is 0 Å². The van der Waals surface area contributed by atoms with Crippen LogP contribution in [0.15, 0.2) is 6.07 Å². The van der Waals surface area contributed by atoms with Gasteiger partial charge in [-0.2, -0.15) is 0 Å². The summed E-state index contributed by atoms with van der Waals surface area (Å²) in [5, 5.41) is 12.3. The summed E-state index contributed by atoms with van der Waals surface area (Å²) in [6.07, 6.45) is 0. The molecular formula is C13H21N3O2. The van der Waals surface area contributed by atoms with E-state index in [1.54, 1.807) is 13.0 Å². The van der Waals surface area contributed by atoms with Crippen molar-refractivity contribution < 1.29 is 9.90 Å². The van der Waals surface area contributed by atoms with Crippen LogP contribution in [0.3, 0.4) is 0 Å². The predicted molar refractivity (Wildman–Crippen MR) is 72.3 cm³/mol. The van der Waals surface area contributed by atoms with E-state index in [4.69, 9.17) is 0 Å². The number of carbonyl (C=O) groups is 1. The number of anilines is 1. The summed E-state index contributed by atoms with van der Waals surface area (Å²) in [6, 6.07) is 2.08. The molecule has 0 radical (unpaired) electrons. The number of nitrogens with zero attached hydrogens (tertiary/aromatic N) is 2. The van der Waals surface area contributed by atoms with E-state index in [9.17, 15) is 9.90 Å². The maximum Gasteiger partial charge on any atom is 0.339 e. The number of pyridine rings is 1. The number of aromatic nitrogens is 1. The molecule has 18 heavy (non-hydrogen) atoms. The lowest BCUT2D eigenvalue weighted by Gasteiger charge is -2.21. The first kappa shape index (κ1) is 14.4. The van der Waals surface area contributed by atoms with Gasteiger partial charge in [-0.05, 0) is 46.5 Å². The second-order valence-electron chi connectivity index (χ2n) is 4.80. The Morgan fingerprint density at radius 1 is 1.50 bits per heavy atom. The molecule has 0 bridgehead atoms. The van der Waals surface area contributed by atoms with Crippen molar-refractivity contribution >= 4 is 11.8 Å². The van der Waals surface area contributed by atoms with Gasteiger partial charge >= 0.3 is 5.97 Å². The van der Waals surface area contributed by atoms with Gasteiger partial charge in [-0.25, -0.2) is 9.78 Å². The number of likely N-dealkylation sites (N-methyl/N-ethyl adjacent to an activating group) is 1. The van der Waals surface area contributed by atoms with Crippen molar-refractivity contribution in [3.63, 3.8) is 0 Å². The number of carboxylic acids is 1. The topological polar surface area (TPSA) is 65.5 Å². The van der Waals surface area contributed by atoms with Gasteiger partial charge in [-0.15, -0.1) is 0 Å². The molecule has 0 saturated heterocycles. The molecule has 0 aliphatic heterocycles. The van der Waals surface area contributed by atoms with Crippen LogP contribution in [0.2, 0.25) is 0 Å². The lowest BCUT2D eigenvalue weighted by atomic mass is 10.1. The third kappa shape index (κ3) is 3.43. The monoisotopic (exact) mass is 251 g/mol. The van der Waals surface area contributed by atoms with Gasteiger partial charge in [0.05, 0.1) is 0 Å². The van der Waals surface area contributed by atoms with Gasteiger partial charge in [0.15, 0.2) is 0 Å². The number of aryl methyl sites for hydroxylation is 2. The highest BCUT2D eigenvalue weighted by Gasteiger charge is 2.16. The smallest absolute Gasteiger partial charge is 0.339 e. The fraction of sp³-hybridized carbons (Fsp3) is 0.538. The van der Waals surface area contributed by atoms with Crippen molar-refractivity contribution in [2.75, 3.05) is 26.0 Å².